The lowest BCUT2D eigenvalue weighted by atomic mass is 10.1. The van der Waals surface area contributed by atoms with Gasteiger partial charge in [-0.1, -0.05) is 24.3 Å². The Morgan fingerprint density at radius 3 is 2.52 bits per heavy atom. The van der Waals surface area contributed by atoms with E-state index in [1.165, 1.54) is 11.3 Å². The van der Waals surface area contributed by atoms with Crippen molar-refractivity contribution in [2.45, 2.75) is 19.8 Å². The summed E-state index contributed by atoms with van der Waals surface area (Å²) in [5.74, 6) is 1.09. The van der Waals surface area contributed by atoms with E-state index in [-0.39, 0.29) is 5.91 Å². The molecule has 4 heteroatoms. The fourth-order valence-electron chi connectivity index (χ4n) is 3.28. The zero-order chi connectivity index (χ0) is 17.6. The van der Waals surface area contributed by atoms with Crippen LogP contribution < -0.4 is 9.64 Å². The predicted octanol–water partition coefficient (Wildman–Crippen LogP) is 3.29. The van der Waals surface area contributed by atoms with Crippen molar-refractivity contribution < 1.29 is 9.53 Å². The van der Waals surface area contributed by atoms with Crippen LogP contribution in [0.4, 0.5) is 5.69 Å². The van der Waals surface area contributed by atoms with Crippen molar-refractivity contribution in [1.82, 2.24) is 4.90 Å². The lowest BCUT2D eigenvalue weighted by molar-refractivity contribution is -0.131. The molecule has 1 fully saturated rings. The van der Waals surface area contributed by atoms with Crippen LogP contribution in [0.5, 0.6) is 5.75 Å². The first-order valence-corrected chi connectivity index (χ1v) is 8.88. The Morgan fingerprint density at radius 2 is 1.80 bits per heavy atom. The first kappa shape index (κ1) is 17.3. The molecule has 2 aromatic rings. The molecule has 1 aliphatic heterocycles. The molecule has 0 aliphatic carbocycles. The molecule has 0 saturated carbocycles. The summed E-state index contributed by atoms with van der Waals surface area (Å²) in [7, 11) is 1.66. The molecule has 3 rings (SSSR count). The average Bonchev–Trinajstić information content (AvgIpc) is 2.66. The van der Waals surface area contributed by atoms with Crippen LogP contribution in [-0.2, 0) is 11.2 Å². The molecule has 0 radical (unpaired) electrons. The van der Waals surface area contributed by atoms with E-state index in [9.17, 15) is 4.79 Å². The highest BCUT2D eigenvalue weighted by Crippen LogP contribution is 2.19. The van der Waals surface area contributed by atoms with Crippen molar-refractivity contribution in [2.24, 2.45) is 0 Å². The summed E-state index contributed by atoms with van der Waals surface area (Å²) in [6.45, 7) is 5.50. The highest BCUT2D eigenvalue weighted by molar-refractivity contribution is 5.76. The SMILES string of the molecule is COc1cccc(CCC(=O)N2CCN(c3cccc(C)c3)CC2)c1. The van der Waals surface area contributed by atoms with Gasteiger partial charge in [-0.2, -0.15) is 0 Å². The van der Waals surface area contributed by atoms with Gasteiger partial charge in [0.2, 0.25) is 5.91 Å². The number of aryl methyl sites for hydroxylation is 2. The van der Waals surface area contributed by atoms with Crippen LogP contribution >= 0.6 is 0 Å². The maximum absolute atomic E-state index is 12.5. The minimum Gasteiger partial charge on any atom is -0.497 e. The average molecular weight is 338 g/mol. The second kappa shape index (κ2) is 8.06. The van der Waals surface area contributed by atoms with Crippen LogP contribution in [0.3, 0.4) is 0 Å². The zero-order valence-corrected chi connectivity index (χ0v) is 15.1. The predicted molar refractivity (Wildman–Crippen MR) is 101 cm³/mol. The number of carbonyl (C=O) groups is 1. The third kappa shape index (κ3) is 4.53. The van der Waals surface area contributed by atoms with Gasteiger partial charge in [-0.05, 0) is 48.7 Å². The van der Waals surface area contributed by atoms with E-state index in [4.69, 9.17) is 4.74 Å². The Kier molecular flexibility index (Phi) is 5.59. The third-order valence-corrected chi connectivity index (χ3v) is 4.76. The molecule has 1 saturated heterocycles. The molecule has 0 N–H and O–H groups in total. The Labute approximate surface area is 150 Å². The summed E-state index contributed by atoms with van der Waals surface area (Å²) < 4.78 is 5.24. The Hall–Kier alpha value is -2.49. The van der Waals surface area contributed by atoms with Crippen molar-refractivity contribution in [3.05, 3.63) is 59.7 Å². The fourth-order valence-corrected chi connectivity index (χ4v) is 3.28. The fraction of sp³-hybridized carbons (Fsp3) is 0.381. The van der Waals surface area contributed by atoms with Crippen LogP contribution in [0.25, 0.3) is 0 Å². The van der Waals surface area contributed by atoms with E-state index in [2.05, 4.69) is 36.1 Å². The Morgan fingerprint density at radius 1 is 1.04 bits per heavy atom. The molecule has 0 unspecified atom stereocenters. The van der Waals surface area contributed by atoms with E-state index in [0.29, 0.717) is 6.42 Å². The highest BCUT2D eigenvalue weighted by Gasteiger charge is 2.21. The molecule has 4 nitrogen and oxygen atoms in total. The summed E-state index contributed by atoms with van der Waals surface area (Å²) in [5.41, 5.74) is 3.67. The van der Waals surface area contributed by atoms with Crippen LogP contribution in [0.1, 0.15) is 17.5 Å². The van der Waals surface area contributed by atoms with Gasteiger partial charge in [-0.3, -0.25) is 4.79 Å². The molecular formula is C21H26N2O2. The summed E-state index contributed by atoms with van der Waals surface area (Å²) in [4.78, 5) is 16.9. The van der Waals surface area contributed by atoms with E-state index in [1.807, 2.05) is 29.2 Å². The Balaban J connectivity index is 1.49. The standard InChI is InChI=1S/C21H26N2O2/c1-17-5-3-7-19(15-17)22-11-13-23(14-12-22)21(24)10-9-18-6-4-8-20(16-18)25-2/h3-8,15-16H,9-14H2,1-2H3. The summed E-state index contributed by atoms with van der Waals surface area (Å²) >= 11 is 0. The quantitative estimate of drug-likeness (QED) is 0.839. The van der Waals surface area contributed by atoms with Gasteiger partial charge >= 0.3 is 0 Å². The summed E-state index contributed by atoms with van der Waals surface area (Å²) in [6.07, 6.45) is 1.31. The minimum atomic E-state index is 0.242. The number of nitrogens with zero attached hydrogens (tertiary/aromatic N) is 2. The molecule has 2 aromatic carbocycles. The number of ether oxygens (including phenoxy) is 1. The van der Waals surface area contributed by atoms with Gasteiger partial charge in [0.25, 0.3) is 0 Å². The number of piperazine rings is 1. The number of benzene rings is 2. The number of hydrogen-bond acceptors (Lipinski definition) is 3. The first-order valence-electron chi connectivity index (χ1n) is 8.88. The van der Waals surface area contributed by atoms with Gasteiger partial charge in [0, 0.05) is 38.3 Å². The number of anilines is 1. The zero-order valence-electron chi connectivity index (χ0n) is 15.1. The number of amides is 1. The van der Waals surface area contributed by atoms with Crippen molar-refractivity contribution in [2.75, 3.05) is 38.2 Å². The molecule has 25 heavy (non-hydrogen) atoms. The van der Waals surface area contributed by atoms with E-state index in [1.54, 1.807) is 7.11 Å². The monoisotopic (exact) mass is 338 g/mol. The maximum atomic E-state index is 12.5. The van der Waals surface area contributed by atoms with Crippen LogP contribution in [0.15, 0.2) is 48.5 Å². The molecule has 0 aromatic heterocycles. The third-order valence-electron chi connectivity index (χ3n) is 4.76. The summed E-state index contributed by atoms with van der Waals surface area (Å²) in [5, 5.41) is 0. The van der Waals surface area contributed by atoms with Crippen molar-refractivity contribution >= 4 is 11.6 Å². The minimum absolute atomic E-state index is 0.242. The molecule has 1 heterocycles. The van der Waals surface area contributed by atoms with Crippen LogP contribution in [0.2, 0.25) is 0 Å². The number of hydrogen-bond donors (Lipinski definition) is 0. The Bertz CT molecular complexity index is 721. The van der Waals surface area contributed by atoms with Gasteiger partial charge < -0.3 is 14.5 Å². The summed E-state index contributed by atoms with van der Waals surface area (Å²) in [6, 6.07) is 16.5. The first-order chi connectivity index (χ1) is 12.2. The van der Waals surface area contributed by atoms with E-state index >= 15 is 0 Å². The van der Waals surface area contributed by atoms with Crippen molar-refractivity contribution in [1.29, 1.82) is 0 Å². The molecular weight excluding hydrogens is 312 g/mol. The lowest BCUT2D eigenvalue weighted by Gasteiger charge is -2.36. The van der Waals surface area contributed by atoms with Gasteiger partial charge in [0.05, 0.1) is 7.11 Å². The molecule has 0 bridgehead atoms. The lowest BCUT2D eigenvalue weighted by Crippen LogP contribution is -2.48. The number of rotatable bonds is 5. The van der Waals surface area contributed by atoms with Gasteiger partial charge in [-0.25, -0.2) is 0 Å². The topological polar surface area (TPSA) is 32.8 Å². The second-order valence-corrected chi connectivity index (χ2v) is 6.56. The molecule has 0 spiro atoms. The smallest absolute Gasteiger partial charge is 0.223 e. The second-order valence-electron chi connectivity index (χ2n) is 6.56. The number of carbonyl (C=O) groups excluding carboxylic acids is 1. The van der Waals surface area contributed by atoms with Crippen molar-refractivity contribution in [3.8, 4) is 5.75 Å². The van der Waals surface area contributed by atoms with Crippen LogP contribution in [-0.4, -0.2) is 44.1 Å². The maximum Gasteiger partial charge on any atom is 0.223 e. The highest BCUT2D eigenvalue weighted by atomic mass is 16.5. The van der Waals surface area contributed by atoms with E-state index in [0.717, 1.165) is 43.9 Å². The van der Waals surface area contributed by atoms with Gasteiger partial charge in [0.1, 0.15) is 5.75 Å². The molecule has 0 atom stereocenters. The molecule has 132 valence electrons. The normalized spacial score (nSPS) is 14.5. The van der Waals surface area contributed by atoms with Crippen molar-refractivity contribution in [3.63, 3.8) is 0 Å². The number of methoxy groups -OCH3 is 1. The van der Waals surface area contributed by atoms with Gasteiger partial charge in [0.15, 0.2) is 0 Å². The van der Waals surface area contributed by atoms with Gasteiger partial charge in [-0.15, -0.1) is 0 Å². The molecule has 1 amide bonds. The molecule has 1 aliphatic rings. The van der Waals surface area contributed by atoms with E-state index < -0.39 is 0 Å². The van der Waals surface area contributed by atoms with Crippen LogP contribution in [0, 0.1) is 6.92 Å². The largest absolute Gasteiger partial charge is 0.497 e.